The SMILES string of the molecule is Cl.O=C(C1CCCCC1)N(CCN1CCOCC1)c1cn(C23CC4CC(CC(C4)C2)C3)nn1. The van der Waals surface area contributed by atoms with Crippen LogP contribution in [0.5, 0.6) is 0 Å². The van der Waals surface area contributed by atoms with Crippen molar-refractivity contribution in [3.63, 3.8) is 0 Å². The highest BCUT2D eigenvalue weighted by Gasteiger charge is 2.52. The highest BCUT2D eigenvalue weighted by Crippen LogP contribution is 2.58. The molecule has 7 nitrogen and oxygen atoms in total. The zero-order valence-corrected chi connectivity index (χ0v) is 20.7. The Balaban J connectivity index is 0.00000228. The molecule has 0 spiro atoms. The lowest BCUT2D eigenvalue weighted by Crippen LogP contribution is -2.52. The fourth-order valence-electron chi connectivity index (χ4n) is 7.93. The maximum atomic E-state index is 13.6. The molecule has 0 atom stereocenters. The van der Waals surface area contributed by atoms with Crippen molar-refractivity contribution < 1.29 is 9.53 Å². The van der Waals surface area contributed by atoms with Crippen LogP contribution in [0.15, 0.2) is 6.20 Å². The highest BCUT2D eigenvalue weighted by molar-refractivity contribution is 5.94. The predicted molar refractivity (Wildman–Crippen MR) is 130 cm³/mol. The minimum Gasteiger partial charge on any atom is -0.379 e. The number of carbonyl (C=O) groups excluding carboxylic acids is 1. The minimum atomic E-state index is 0. The molecule has 7 rings (SSSR count). The van der Waals surface area contributed by atoms with Crippen molar-refractivity contribution in [1.82, 2.24) is 19.9 Å². The molecule has 1 amide bonds. The van der Waals surface area contributed by atoms with Crippen molar-refractivity contribution in [3.8, 4) is 0 Å². The van der Waals surface area contributed by atoms with Crippen molar-refractivity contribution >= 4 is 24.1 Å². The maximum absolute atomic E-state index is 13.6. The van der Waals surface area contributed by atoms with Crippen molar-refractivity contribution in [2.24, 2.45) is 23.7 Å². The van der Waals surface area contributed by atoms with E-state index >= 15 is 0 Å². The lowest BCUT2D eigenvalue weighted by molar-refractivity contribution is -0.123. The maximum Gasteiger partial charge on any atom is 0.231 e. The number of nitrogens with zero attached hydrogens (tertiary/aromatic N) is 5. The van der Waals surface area contributed by atoms with E-state index < -0.39 is 0 Å². The van der Waals surface area contributed by atoms with Crippen LogP contribution in [0.3, 0.4) is 0 Å². The van der Waals surface area contributed by atoms with Gasteiger partial charge in [0.25, 0.3) is 0 Å². The first kappa shape index (κ1) is 23.6. The standard InChI is InChI=1S/C25H39N5O2.ClH/c31-24(22-4-2-1-3-5-22)29(7-6-28-8-10-32-11-9-28)23-18-30(27-26-23)25-15-19-12-20(16-25)14-21(13-19)17-25;/h18-22H,1-17H2;1H. The normalized spacial score (nSPS) is 34.2. The third kappa shape index (κ3) is 4.70. The molecule has 2 heterocycles. The van der Waals surface area contributed by atoms with Gasteiger partial charge in [0.2, 0.25) is 5.91 Å². The molecule has 5 saturated carbocycles. The van der Waals surface area contributed by atoms with E-state index in [0.29, 0.717) is 6.54 Å². The Bertz CT molecular complexity index is 782. The molecule has 6 aliphatic rings. The fourth-order valence-corrected chi connectivity index (χ4v) is 7.93. The number of anilines is 1. The van der Waals surface area contributed by atoms with Crippen LogP contribution in [0.2, 0.25) is 0 Å². The largest absolute Gasteiger partial charge is 0.379 e. The van der Waals surface area contributed by atoms with Crippen LogP contribution in [0.4, 0.5) is 5.82 Å². The summed E-state index contributed by atoms with van der Waals surface area (Å²) in [4.78, 5) is 18.0. The second kappa shape index (κ2) is 9.82. The highest BCUT2D eigenvalue weighted by atomic mass is 35.5. The number of ether oxygens (including phenoxy) is 1. The Morgan fingerprint density at radius 3 is 2.30 bits per heavy atom. The van der Waals surface area contributed by atoms with Gasteiger partial charge >= 0.3 is 0 Å². The number of hydrogen-bond donors (Lipinski definition) is 0. The average molecular weight is 478 g/mol. The van der Waals surface area contributed by atoms with Crippen LogP contribution in [-0.4, -0.2) is 65.2 Å². The molecule has 5 aliphatic carbocycles. The summed E-state index contributed by atoms with van der Waals surface area (Å²) in [7, 11) is 0. The number of rotatable bonds is 6. The summed E-state index contributed by atoms with van der Waals surface area (Å²) in [6, 6.07) is 0. The van der Waals surface area contributed by atoms with E-state index in [9.17, 15) is 4.79 Å². The van der Waals surface area contributed by atoms with Crippen LogP contribution < -0.4 is 4.90 Å². The summed E-state index contributed by atoms with van der Waals surface area (Å²) in [5.41, 5.74) is 0.157. The van der Waals surface area contributed by atoms with Gasteiger partial charge in [-0.25, -0.2) is 4.68 Å². The van der Waals surface area contributed by atoms with Gasteiger partial charge in [-0.3, -0.25) is 14.6 Å². The van der Waals surface area contributed by atoms with E-state index in [-0.39, 0.29) is 29.8 Å². The van der Waals surface area contributed by atoms with Crippen LogP contribution in [0, 0.1) is 23.7 Å². The lowest BCUT2D eigenvalue weighted by atomic mass is 9.53. The first-order valence-corrected chi connectivity index (χ1v) is 13.2. The molecule has 1 aliphatic heterocycles. The quantitative estimate of drug-likeness (QED) is 0.622. The molecule has 184 valence electrons. The zero-order valence-electron chi connectivity index (χ0n) is 19.9. The molecule has 0 radical (unpaired) electrons. The second-order valence-electron chi connectivity index (χ2n) is 11.4. The summed E-state index contributed by atoms with van der Waals surface area (Å²) >= 11 is 0. The molecule has 1 aromatic heterocycles. The molecular formula is C25H40ClN5O2. The van der Waals surface area contributed by atoms with Gasteiger partial charge in [-0.1, -0.05) is 24.5 Å². The summed E-state index contributed by atoms with van der Waals surface area (Å²) < 4.78 is 7.70. The van der Waals surface area contributed by atoms with E-state index in [4.69, 9.17) is 4.74 Å². The van der Waals surface area contributed by atoms with Crippen LogP contribution in [-0.2, 0) is 15.1 Å². The van der Waals surface area contributed by atoms with Gasteiger partial charge in [0.1, 0.15) is 0 Å². The van der Waals surface area contributed by atoms with Crippen LogP contribution in [0.1, 0.15) is 70.6 Å². The zero-order chi connectivity index (χ0) is 21.5. The first-order valence-electron chi connectivity index (χ1n) is 13.2. The monoisotopic (exact) mass is 477 g/mol. The summed E-state index contributed by atoms with van der Waals surface area (Å²) in [5, 5.41) is 9.32. The summed E-state index contributed by atoms with van der Waals surface area (Å²) in [6.45, 7) is 5.06. The number of morpholine rings is 1. The Hall–Kier alpha value is -1.18. The number of halogens is 1. The molecule has 1 saturated heterocycles. The number of amides is 1. The van der Waals surface area contributed by atoms with Gasteiger partial charge in [0.15, 0.2) is 5.82 Å². The predicted octanol–water partition coefficient (Wildman–Crippen LogP) is 3.87. The molecule has 8 heteroatoms. The van der Waals surface area contributed by atoms with Gasteiger partial charge in [0.05, 0.1) is 24.9 Å². The molecule has 6 fully saturated rings. The molecule has 33 heavy (non-hydrogen) atoms. The summed E-state index contributed by atoms with van der Waals surface area (Å²) in [6.07, 6.45) is 15.8. The number of hydrogen-bond acceptors (Lipinski definition) is 5. The lowest BCUT2D eigenvalue weighted by Gasteiger charge is -2.56. The van der Waals surface area contributed by atoms with Gasteiger partial charge < -0.3 is 4.74 Å². The van der Waals surface area contributed by atoms with Gasteiger partial charge in [0, 0.05) is 32.1 Å². The van der Waals surface area contributed by atoms with Crippen LogP contribution in [0.25, 0.3) is 0 Å². The molecular weight excluding hydrogens is 438 g/mol. The van der Waals surface area contributed by atoms with E-state index in [1.54, 1.807) is 0 Å². The Morgan fingerprint density at radius 2 is 1.67 bits per heavy atom. The van der Waals surface area contributed by atoms with Gasteiger partial charge in [-0.15, -0.1) is 17.5 Å². The molecule has 1 aromatic rings. The van der Waals surface area contributed by atoms with E-state index in [1.807, 2.05) is 4.90 Å². The van der Waals surface area contributed by atoms with Gasteiger partial charge in [-0.2, -0.15) is 0 Å². The second-order valence-corrected chi connectivity index (χ2v) is 11.4. The fraction of sp³-hybridized carbons (Fsp3) is 0.880. The van der Waals surface area contributed by atoms with E-state index in [0.717, 1.165) is 69.3 Å². The van der Waals surface area contributed by atoms with Gasteiger partial charge in [-0.05, 0) is 69.1 Å². The number of carbonyl (C=O) groups is 1. The molecule has 4 bridgehead atoms. The van der Waals surface area contributed by atoms with Crippen molar-refractivity contribution in [1.29, 1.82) is 0 Å². The molecule has 0 unspecified atom stereocenters. The Kier molecular flexibility index (Phi) is 7.01. The average Bonchev–Trinajstić information content (AvgIpc) is 3.30. The summed E-state index contributed by atoms with van der Waals surface area (Å²) in [5.74, 6) is 3.82. The van der Waals surface area contributed by atoms with E-state index in [1.165, 1.54) is 57.8 Å². The van der Waals surface area contributed by atoms with Crippen molar-refractivity contribution in [2.45, 2.75) is 76.2 Å². The minimum absolute atomic E-state index is 0. The third-order valence-electron chi connectivity index (χ3n) is 9.21. The third-order valence-corrected chi connectivity index (χ3v) is 9.21. The molecule has 0 N–H and O–H groups in total. The first-order chi connectivity index (χ1) is 15.7. The van der Waals surface area contributed by atoms with Crippen molar-refractivity contribution in [2.75, 3.05) is 44.3 Å². The smallest absolute Gasteiger partial charge is 0.231 e. The Labute approximate surface area is 204 Å². The van der Waals surface area contributed by atoms with E-state index in [2.05, 4.69) is 26.1 Å². The van der Waals surface area contributed by atoms with Crippen LogP contribution >= 0.6 is 12.4 Å². The Morgan fingerprint density at radius 1 is 1.03 bits per heavy atom. The number of aromatic nitrogens is 3. The topological polar surface area (TPSA) is 63.5 Å². The van der Waals surface area contributed by atoms with Crippen molar-refractivity contribution in [3.05, 3.63) is 6.20 Å². The molecule has 0 aromatic carbocycles.